The van der Waals surface area contributed by atoms with Crippen LogP contribution in [0.2, 0.25) is 5.02 Å². The predicted molar refractivity (Wildman–Crippen MR) is 94.9 cm³/mol. The maximum atomic E-state index is 12.1. The molecule has 2 heterocycles. The third-order valence-electron chi connectivity index (χ3n) is 3.91. The number of ether oxygens (including phenoxy) is 1. The second-order valence-electron chi connectivity index (χ2n) is 5.66. The van der Waals surface area contributed by atoms with E-state index in [9.17, 15) is 4.79 Å². The Bertz CT molecular complexity index is 806. The van der Waals surface area contributed by atoms with Gasteiger partial charge in [-0.05, 0) is 36.8 Å². The highest BCUT2D eigenvalue weighted by molar-refractivity contribution is 6.31. The number of halogens is 1. The van der Waals surface area contributed by atoms with Gasteiger partial charge in [0.1, 0.15) is 5.82 Å². The molecule has 2 N–H and O–H groups in total. The molecule has 1 aliphatic rings. The number of nitrogens with zero attached hydrogens (tertiary/aromatic N) is 4. The van der Waals surface area contributed by atoms with Crippen LogP contribution in [0.4, 0.5) is 5.95 Å². The van der Waals surface area contributed by atoms with E-state index in [0.717, 1.165) is 5.56 Å². The van der Waals surface area contributed by atoms with Gasteiger partial charge in [0.25, 0.3) is 0 Å². The maximum Gasteiger partial charge on any atom is 0.246 e. The van der Waals surface area contributed by atoms with E-state index in [-0.39, 0.29) is 17.9 Å². The van der Waals surface area contributed by atoms with Gasteiger partial charge >= 0.3 is 0 Å². The minimum Gasteiger partial charge on any atom is -0.377 e. The lowest BCUT2D eigenvalue weighted by atomic mass is 10.0. The first kappa shape index (κ1) is 17.3. The van der Waals surface area contributed by atoms with Crippen LogP contribution < -0.4 is 5.73 Å². The highest BCUT2D eigenvalue weighted by Crippen LogP contribution is 2.30. The molecule has 0 bridgehead atoms. The first-order valence-corrected chi connectivity index (χ1v) is 8.15. The monoisotopic (exact) mass is 359 g/mol. The number of carbonyl (C=O) groups is 1. The van der Waals surface area contributed by atoms with Crippen LogP contribution >= 0.6 is 11.6 Å². The number of nitrogens with two attached hydrogens (primary N) is 1. The average Bonchev–Trinajstić information content (AvgIpc) is 2.59. The molecular formula is C17H18ClN5O2. The quantitative estimate of drug-likeness (QED) is 0.844. The van der Waals surface area contributed by atoms with Crippen LogP contribution in [0, 0.1) is 6.92 Å². The number of rotatable bonds is 3. The second kappa shape index (κ2) is 7.16. The van der Waals surface area contributed by atoms with Crippen molar-refractivity contribution in [2.45, 2.75) is 13.0 Å². The number of aryl methyl sites for hydroxylation is 1. The van der Waals surface area contributed by atoms with Gasteiger partial charge in [0, 0.05) is 17.1 Å². The number of hydrogen-bond donors (Lipinski definition) is 1. The Labute approximate surface area is 150 Å². The van der Waals surface area contributed by atoms with Crippen LogP contribution in [0.3, 0.4) is 0 Å². The Morgan fingerprint density at radius 3 is 2.92 bits per heavy atom. The molecule has 8 heteroatoms. The van der Waals surface area contributed by atoms with Crippen LogP contribution in [0.15, 0.2) is 30.9 Å². The molecule has 0 spiro atoms. The van der Waals surface area contributed by atoms with Crippen molar-refractivity contribution in [1.29, 1.82) is 0 Å². The SMILES string of the molecule is C=CC(=O)N1CCOC[C@H]1c1cc(Cl)cc(-c2nc(C)nc(N)n2)c1. The van der Waals surface area contributed by atoms with Gasteiger partial charge in [0.15, 0.2) is 5.82 Å². The summed E-state index contributed by atoms with van der Waals surface area (Å²) in [4.78, 5) is 26.3. The number of carbonyl (C=O) groups excluding carboxylic acids is 1. The fourth-order valence-electron chi connectivity index (χ4n) is 2.83. The lowest BCUT2D eigenvalue weighted by Crippen LogP contribution is -2.42. The van der Waals surface area contributed by atoms with Crippen LogP contribution in [0.25, 0.3) is 11.4 Å². The summed E-state index contributed by atoms with van der Waals surface area (Å²) in [7, 11) is 0. The van der Waals surface area contributed by atoms with E-state index in [2.05, 4.69) is 21.5 Å². The summed E-state index contributed by atoms with van der Waals surface area (Å²) in [5.41, 5.74) is 7.26. The van der Waals surface area contributed by atoms with Gasteiger partial charge in [-0.15, -0.1) is 0 Å². The molecule has 3 rings (SSSR count). The molecule has 25 heavy (non-hydrogen) atoms. The smallest absolute Gasteiger partial charge is 0.246 e. The van der Waals surface area contributed by atoms with Gasteiger partial charge in [-0.25, -0.2) is 4.98 Å². The van der Waals surface area contributed by atoms with Gasteiger partial charge < -0.3 is 15.4 Å². The van der Waals surface area contributed by atoms with E-state index >= 15 is 0 Å². The summed E-state index contributed by atoms with van der Waals surface area (Å²) in [5, 5.41) is 0.515. The van der Waals surface area contributed by atoms with E-state index < -0.39 is 0 Å². The first-order chi connectivity index (χ1) is 12.0. The van der Waals surface area contributed by atoms with E-state index in [1.54, 1.807) is 17.9 Å². The van der Waals surface area contributed by atoms with Crippen LogP contribution in [0.1, 0.15) is 17.4 Å². The molecule has 0 saturated carbocycles. The average molecular weight is 360 g/mol. The van der Waals surface area contributed by atoms with Crippen molar-refractivity contribution < 1.29 is 9.53 Å². The van der Waals surface area contributed by atoms with Crippen molar-refractivity contribution in [3.63, 3.8) is 0 Å². The Morgan fingerprint density at radius 2 is 2.20 bits per heavy atom. The van der Waals surface area contributed by atoms with Gasteiger partial charge in [-0.3, -0.25) is 4.79 Å². The molecule has 1 aliphatic heterocycles. The van der Waals surface area contributed by atoms with Crippen molar-refractivity contribution in [2.75, 3.05) is 25.5 Å². The maximum absolute atomic E-state index is 12.1. The largest absolute Gasteiger partial charge is 0.377 e. The molecule has 2 aromatic rings. The van der Waals surface area contributed by atoms with Crippen molar-refractivity contribution >= 4 is 23.5 Å². The minimum atomic E-state index is -0.253. The number of morpholine rings is 1. The van der Waals surface area contributed by atoms with Gasteiger partial charge in [-0.2, -0.15) is 9.97 Å². The highest BCUT2D eigenvalue weighted by atomic mass is 35.5. The predicted octanol–water partition coefficient (Wildman–Crippen LogP) is 2.17. The Hall–Kier alpha value is -2.51. The van der Waals surface area contributed by atoms with Crippen molar-refractivity contribution in [1.82, 2.24) is 19.9 Å². The zero-order valence-electron chi connectivity index (χ0n) is 13.8. The fraction of sp³-hybridized carbons (Fsp3) is 0.294. The zero-order valence-corrected chi connectivity index (χ0v) is 14.5. The number of aromatic nitrogens is 3. The number of hydrogen-bond acceptors (Lipinski definition) is 6. The standard InChI is InChI=1S/C17H18ClN5O2/c1-3-15(24)23-4-5-25-9-14(23)11-6-12(8-13(18)7-11)16-20-10(2)21-17(19)22-16/h3,6-8,14H,1,4-5,9H2,2H3,(H2,19,20,21,22)/t14-/m0/s1. The lowest BCUT2D eigenvalue weighted by molar-refractivity contribution is -0.134. The van der Waals surface area contributed by atoms with Crippen molar-refractivity contribution in [3.8, 4) is 11.4 Å². The first-order valence-electron chi connectivity index (χ1n) is 7.77. The van der Waals surface area contributed by atoms with Gasteiger partial charge in [-0.1, -0.05) is 18.2 Å². The van der Waals surface area contributed by atoms with Crippen LogP contribution in [-0.4, -0.2) is 45.5 Å². The summed E-state index contributed by atoms with van der Waals surface area (Å²) in [6.45, 7) is 6.68. The van der Waals surface area contributed by atoms with Crippen molar-refractivity contribution in [2.24, 2.45) is 0 Å². The second-order valence-corrected chi connectivity index (χ2v) is 6.10. The molecule has 0 unspecified atom stereocenters. The Balaban J connectivity index is 2.03. The molecule has 1 aromatic heterocycles. The number of benzene rings is 1. The molecule has 1 fully saturated rings. The highest BCUT2D eigenvalue weighted by Gasteiger charge is 2.28. The normalized spacial score (nSPS) is 17.4. The number of anilines is 1. The summed E-state index contributed by atoms with van der Waals surface area (Å²) >= 11 is 6.29. The third kappa shape index (κ3) is 3.78. The minimum absolute atomic E-state index is 0.143. The van der Waals surface area contributed by atoms with Gasteiger partial charge in [0.05, 0.1) is 19.3 Å². The Kier molecular flexibility index (Phi) is 4.96. The van der Waals surface area contributed by atoms with Crippen molar-refractivity contribution in [3.05, 3.63) is 47.3 Å². The summed E-state index contributed by atoms with van der Waals surface area (Å²) in [5.74, 6) is 0.962. The van der Waals surface area contributed by atoms with E-state index in [1.807, 2.05) is 12.1 Å². The molecular weight excluding hydrogens is 342 g/mol. The number of nitrogen functional groups attached to an aromatic ring is 1. The molecule has 7 nitrogen and oxygen atoms in total. The molecule has 1 amide bonds. The lowest BCUT2D eigenvalue weighted by Gasteiger charge is -2.35. The molecule has 0 radical (unpaired) electrons. The molecule has 130 valence electrons. The molecule has 1 atom stereocenters. The van der Waals surface area contributed by atoms with E-state index in [4.69, 9.17) is 22.1 Å². The zero-order chi connectivity index (χ0) is 18.0. The molecule has 1 aromatic carbocycles. The summed E-state index contributed by atoms with van der Waals surface area (Å²) in [6, 6.07) is 5.20. The topological polar surface area (TPSA) is 94.2 Å². The summed E-state index contributed by atoms with van der Waals surface area (Å²) in [6.07, 6.45) is 1.31. The van der Waals surface area contributed by atoms with Gasteiger partial charge in [0.2, 0.25) is 11.9 Å². The fourth-order valence-corrected chi connectivity index (χ4v) is 3.07. The van der Waals surface area contributed by atoms with E-state index in [0.29, 0.717) is 42.0 Å². The van der Waals surface area contributed by atoms with Crippen LogP contribution in [0.5, 0.6) is 0 Å². The van der Waals surface area contributed by atoms with E-state index in [1.165, 1.54) is 6.08 Å². The van der Waals surface area contributed by atoms with Crippen LogP contribution in [-0.2, 0) is 9.53 Å². The Morgan fingerprint density at radius 1 is 1.40 bits per heavy atom. The molecule has 0 aliphatic carbocycles. The molecule has 1 saturated heterocycles. The number of amides is 1. The third-order valence-corrected chi connectivity index (χ3v) is 4.13. The summed E-state index contributed by atoms with van der Waals surface area (Å²) < 4.78 is 5.55.